The van der Waals surface area contributed by atoms with Crippen LogP contribution in [0.2, 0.25) is 0 Å². The number of cyclic esters (lactones) is 1. The molecule has 5 atom stereocenters. The quantitative estimate of drug-likeness (QED) is 0.0570. The second kappa shape index (κ2) is 19.5. The maximum absolute atomic E-state index is 13.6. The van der Waals surface area contributed by atoms with Gasteiger partial charge in [0.25, 0.3) is 29.0 Å². The van der Waals surface area contributed by atoms with Crippen LogP contribution in [0.5, 0.6) is 5.75 Å². The van der Waals surface area contributed by atoms with Gasteiger partial charge < -0.3 is 71.4 Å². The number of hydrogen-bond acceptors (Lipinski definition) is 19. The van der Waals surface area contributed by atoms with Gasteiger partial charge in [-0.15, -0.1) is 0 Å². The fourth-order valence-corrected chi connectivity index (χ4v) is 8.37. The van der Waals surface area contributed by atoms with Gasteiger partial charge in [-0.2, -0.15) is 0 Å². The van der Waals surface area contributed by atoms with Gasteiger partial charge in [0.15, 0.2) is 5.60 Å². The Balaban J connectivity index is 1.12. The Morgan fingerprint density at radius 1 is 0.983 bits per heavy atom. The number of ether oxygens (including phenoxy) is 3. The molecule has 59 heavy (non-hydrogen) atoms. The number of nitrogens with zero attached hydrogens (tertiary/aromatic N) is 2. The second-order valence-electron chi connectivity index (χ2n) is 13.1. The molecule has 2 aromatic heterocycles. The number of aromatic nitrogens is 2. The van der Waals surface area contributed by atoms with Gasteiger partial charge in [-0.3, -0.25) is 18.5 Å². The van der Waals surface area contributed by atoms with Gasteiger partial charge in [0.2, 0.25) is 0 Å². The van der Waals surface area contributed by atoms with E-state index < -0.39 is 73.7 Å². The first kappa shape index (κ1) is 46.6. The minimum absolute atomic E-state index is 0.00932. The number of aliphatic hydroxyl groups is 1. The van der Waals surface area contributed by atoms with E-state index in [-0.39, 0.29) is 61.8 Å². The lowest BCUT2D eigenvalue weighted by Gasteiger charge is -2.31. The number of nitrogens with one attached hydrogen (secondary N) is 1. The third-order valence-corrected chi connectivity index (χ3v) is 11.8. The molecule has 3 N–H and O–H groups in total. The standard InChI is InChI=1S/C34H46N3O19P3/c1-4-23-24-15-21(9-10-28(24)36-30-25(23)17-37-29(30)16-27-26(31(37)38)20-50-32(39)34(27,41)5-2)55-33(40)35-11-7-8-12-49-18-22(19-54-57(42,43)44)56-59(47,48)53-14-13-52-58(45,46)51-6-3/h9-10,15-16,22,41H,4-8,11-14,17-20H2,1-3H3,(H,35,40)(H,45,46)(H,47,48)(H2,42,43,44)/p-3/t22?,34-/m0/s1. The molecule has 1 aromatic carbocycles. The van der Waals surface area contributed by atoms with E-state index in [1.165, 1.54) is 6.92 Å². The number of esters is 1. The summed E-state index contributed by atoms with van der Waals surface area (Å²) in [5.41, 5.74) is 1.35. The van der Waals surface area contributed by atoms with Crippen LogP contribution in [0.25, 0.3) is 22.3 Å². The number of pyridine rings is 2. The third-order valence-electron chi connectivity index (χ3n) is 9.20. The highest BCUT2D eigenvalue weighted by atomic mass is 31.2. The van der Waals surface area contributed by atoms with E-state index in [2.05, 4.69) is 23.4 Å². The topological polar surface area (TPSA) is 316 Å². The average molecular weight is 891 g/mol. The highest BCUT2D eigenvalue weighted by Gasteiger charge is 2.45. The molecule has 0 fully saturated rings. The van der Waals surface area contributed by atoms with Crippen LogP contribution >= 0.6 is 23.5 Å². The SMILES string of the molecule is CCOP(=O)([O-])OCCOP(=O)([O-])OC(COCCCCNC(=O)Oc1ccc2nc3c(c(CC)c2c1)Cn1c-3cc2c(c1=O)COC(=O)[C@]2(O)CC)COP(=O)([O-])O. The Morgan fingerprint density at radius 3 is 2.39 bits per heavy atom. The van der Waals surface area contributed by atoms with Gasteiger partial charge in [-0.1, -0.05) is 13.8 Å². The second-order valence-corrected chi connectivity index (χ2v) is 17.1. The molecule has 0 bridgehead atoms. The Kier molecular flexibility index (Phi) is 15.4. The number of phosphoric acid groups is 3. The maximum atomic E-state index is 13.6. The van der Waals surface area contributed by atoms with Crippen LogP contribution in [0, 0.1) is 0 Å². The van der Waals surface area contributed by atoms with Gasteiger partial charge in [0, 0.05) is 29.7 Å². The first-order chi connectivity index (χ1) is 27.8. The predicted molar refractivity (Wildman–Crippen MR) is 197 cm³/mol. The molecule has 5 rings (SSSR count). The number of aryl methyl sites for hydroxylation is 1. The fraction of sp³-hybridized carbons (Fsp3) is 0.529. The van der Waals surface area contributed by atoms with Crippen LogP contribution in [0.3, 0.4) is 0 Å². The third kappa shape index (κ3) is 11.7. The monoisotopic (exact) mass is 890 g/mol. The van der Waals surface area contributed by atoms with Gasteiger partial charge in [0.1, 0.15) is 18.5 Å². The molecular formula is C34H43N3O19P3-3. The molecule has 2 aliphatic rings. The van der Waals surface area contributed by atoms with E-state index >= 15 is 0 Å². The normalized spacial score (nSPS) is 19.4. The van der Waals surface area contributed by atoms with Crippen LogP contribution in [-0.4, -0.2) is 83.9 Å². The zero-order valence-corrected chi connectivity index (χ0v) is 34.8. The van der Waals surface area contributed by atoms with Crippen LogP contribution in [-0.2, 0) is 75.8 Å². The molecule has 1 amide bonds. The molecule has 0 spiro atoms. The van der Waals surface area contributed by atoms with E-state index in [0.717, 1.165) is 11.1 Å². The summed E-state index contributed by atoms with van der Waals surface area (Å²) in [6.07, 6.45) is -1.10. The number of fused-ring (bicyclic) bond motifs is 5. The van der Waals surface area contributed by atoms with Gasteiger partial charge in [0.05, 0.1) is 62.0 Å². The van der Waals surface area contributed by atoms with E-state index in [1.807, 2.05) is 6.92 Å². The summed E-state index contributed by atoms with van der Waals surface area (Å²) >= 11 is 0. The Morgan fingerprint density at radius 2 is 1.71 bits per heavy atom. The first-order valence-corrected chi connectivity index (χ1v) is 22.8. The number of carbonyl (C=O) groups is 2. The largest absolute Gasteiger partial charge is 0.756 e. The van der Waals surface area contributed by atoms with E-state index in [0.29, 0.717) is 41.6 Å². The zero-order valence-electron chi connectivity index (χ0n) is 32.1. The lowest BCUT2D eigenvalue weighted by Crippen LogP contribution is -2.44. The van der Waals surface area contributed by atoms with Crippen molar-refractivity contribution in [2.75, 3.05) is 46.2 Å². The smallest absolute Gasteiger partial charge is 0.412 e. The number of phosphoric ester groups is 3. The molecule has 326 valence electrons. The van der Waals surface area contributed by atoms with Crippen molar-refractivity contribution in [3.8, 4) is 17.1 Å². The molecule has 0 radical (unpaired) electrons. The fourth-order valence-electron chi connectivity index (χ4n) is 6.48. The number of carbonyl (C=O) groups excluding carboxylic acids is 2. The molecule has 25 heteroatoms. The molecule has 4 heterocycles. The lowest BCUT2D eigenvalue weighted by atomic mass is 9.86. The Bertz CT molecular complexity index is 2250. The Hall–Kier alpha value is -3.43. The predicted octanol–water partition coefficient (Wildman–Crippen LogP) is 1.40. The molecule has 2 aliphatic heterocycles. The van der Waals surface area contributed by atoms with Crippen molar-refractivity contribution in [2.24, 2.45) is 0 Å². The molecule has 0 saturated heterocycles. The summed E-state index contributed by atoms with van der Waals surface area (Å²) in [6.45, 7) is 1.82. The van der Waals surface area contributed by atoms with Crippen molar-refractivity contribution < 1.29 is 84.8 Å². The van der Waals surface area contributed by atoms with E-state index in [4.69, 9.17) is 28.6 Å². The van der Waals surface area contributed by atoms with Crippen molar-refractivity contribution in [1.29, 1.82) is 0 Å². The van der Waals surface area contributed by atoms with Crippen LogP contribution in [0.4, 0.5) is 4.79 Å². The maximum Gasteiger partial charge on any atom is 0.412 e. The van der Waals surface area contributed by atoms with Crippen molar-refractivity contribution in [3.05, 3.63) is 56.9 Å². The van der Waals surface area contributed by atoms with Gasteiger partial charge in [-0.25, -0.2) is 14.6 Å². The van der Waals surface area contributed by atoms with E-state index in [9.17, 15) is 47.9 Å². The van der Waals surface area contributed by atoms with Gasteiger partial charge in [-0.05, 0) is 62.4 Å². The molecule has 0 aliphatic carbocycles. The number of rotatable bonds is 22. The first-order valence-electron chi connectivity index (χ1n) is 18.4. The van der Waals surface area contributed by atoms with Crippen molar-refractivity contribution >= 4 is 46.4 Å². The number of amides is 1. The van der Waals surface area contributed by atoms with Crippen LogP contribution in [0.15, 0.2) is 29.1 Å². The molecule has 0 saturated carbocycles. The lowest BCUT2D eigenvalue weighted by molar-refractivity contribution is -0.240. The van der Waals surface area contributed by atoms with Crippen molar-refractivity contribution in [1.82, 2.24) is 14.9 Å². The minimum Gasteiger partial charge on any atom is -0.756 e. The summed E-state index contributed by atoms with van der Waals surface area (Å²) in [4.78, 5) is 87.1. The summed E-state index contributed by atoms with van der Waals surface area (Å²) in [5.74, 6) is -0.586. The highest BCUT2D eigenvalue weighted by Crippen LogP contribution is 2.43. The summed E-state index contributed by atoms with van der Waals surface area (Å²) in [6, 6.07) is 6.55. The highest BCUT2D eigenvalue weighted by molar-refractivity contribution is 7.46. The molecule has 4 unspecified atom stereocenters. The molecular weight excluding hydrogens is 847 g/mol. The molecule has 3 aromatic rings. The summed E-state index contributed by atoms with van der Waals surface area (Å²) in [7, 11) is -15.1. The number of hydrogen-bond donors (Lipinski definition) is 3. The van der Waals surface area contributed by atoms with Crippen LogP contribution < -0.4 is 30.3 Å². The number of unbranched alkanes of at least 4 members (excludes halogenated alkanes) is 1. The molecule has 22 nitrogen and oxygen atoms in total. The van der Waals surface area contributed by atoms with Crippen molar-refractivity contribution in [3.63, 3.8) is 0 Å². The van der Waals surface area contributed by atoms with Crippen molar-refractivity contribution in [2.45, 2.75) is 71.3 Å². The number of benzene rings is 1. The van der Waals surface area contributed by atoms with Crippen LogP contribution in [0.1, 0.15) is 62.3 Å². The van der Waals surface area contributed by atoms with Gasteiger partial charge >= 0.3 is 12.1 Å². The average Bonchev–Trinajstić information content (AvgIpc) is 3.53. The summed E-state index contributed by atoms with van der Waals surface area (Å²) in [5, 5.41) is 14.5. The minimum atomic E-state index is -5.27. The summed E-state index contributed by atoms with van der Waals surface area (Å²) < 4.78 is 74.5. The van der Waals surface area contributed by atoms with E-state index in [1.54, 1.807) is 35.8 Å². The zero-order chi connectivity index (χ0) is 43.2. The Labute approximate surface area is 337 Å².